The van der Waals surface area contributed by atoms with Gasteiger partial charge in [-0.25, -0.2) is 8.78 Å². The second-order valence-corrected chi connectivity index (χ2v) is 7.74. The molecule has 1 aliphatic heterocycles. The molecule has 0 spiro atoms. The Hall–Kier alpha value is -4.14. The summed E-state index contributed by atoms with van der Waals surface area (Å²) in [5, 5.41) is 6.65. The standard InChI is InChI=1S/C24H20F2N4O3/c1-14-10-19(26)21(30-22(31)4-3-9-27-30)12-20(14)28-24(33)18-13-29(2)23(32)11-17(18)15-5-7-16(25)8-6-15/h3-10,12-13,17H,11H2,1-2H3,(H,28,33). The molecule has 0 bridgehead atoms. The molecule has 0 aliphatic carbocycles. The minimum absolute atomic E-state index is 0.0400. The van der Waals surface area contributed by atoms with Crippen molar-refractivity contribution in [3.05, 3.63) is 99.6 Å². The molecule has 3 aromatic rings. The fraction of sp³-hybridized carbons (Fsp3) is 0.167. The molecule has 4 rings (SSSR count). The lowest BCUT2D eigenvalue weighted by molar-refractivity contribution is -0.128. The monoisotopic (exact) mass is 450 g/mol. The maximum absolute atomic E-state index is 14.6. The molecule has 0 radical (unpaired) electrons. The van der Waals surface area contributed by atoms with E-state index in [9.17, 15) is 23.2 Å². The van der Waals surface area contributed by atoms with Crippen LogP contribution in [0.2, 0.25) is 0 Å². The largest absolute Gasteiger partial charge is 0.322 e. The van der Waals surface area contributed by atoms with E-state index in [0.29, 0.717) is 16.7 Å². The number of rotatable bonds is 4. The highest BCUT2D eigenvalue weighted by molar-refractivity contribution is 6.06. The van der Waals surface area contributed by atoms with Crippen LogP contribution in [0.4, 0.5) is 14.5 Å². The van der Waals surface area contributed by atoms with Crippen molar-refractivity contribution in [1.29, 1.82) is 0 Å². The van der Waals surface area contributed by atoms with Gasteiger partial charge in [0.25, 0.3) is 11.5 Å². The third-order valence-corrected chi connectivity index (χ3v) is 5.50. The minimum Gasteiger partial charge on any atom is -0.322 e. The van der Waals surface area contributed by atoms with Gasteiger partial charge in [0.2, 0.25) is 5.91 Å². The first-order valence-electron chi connectivity index (χ1n) is 10.1. The van der Waals surface area contributed by atoms with Crippen molar-refractivity contribution in [1.82, 2.24) is 14.7 Å². The van der Waals surface area contributed by atoms with E-state index in [1.807, 2.05) is 0 Å². The summed E-state index contributed by atoms with van der Waals surface area (Å²) in [6.45, 7) is 1.62. The smallest absolute Gasteiger partial charge is 0.271 e. The Morgan fingerprint density at radius 2 is 1.85 bits per heavy atom. The van der Waals surface area contributed by atoms with E-state index < -0.39 is 29.0 Å². The van der Waals surface area contributed by atoms with Crippen LogP contribution in [0.15, 0.2) is 71.3 Å². The van der Waals surface area contributed by atoms with Crippen LogP contribution in [0, 0.1) is 18.6 Å². The summed E-state index contributed by atoms with van der Waals surface area (Å²) < 4.78 is 28.9. The van der Waals surface area contributed by atoms with Gasteiger partial charge in [0.1, 0.15) is 17.3 Å². The molecule has 0 saturated carbocycles. The zero-order chi connectivity index (χ0) is 23.7. The van der Waals surface area contributed by atoms with Gasteiger partial charge in [-0.2, -0.15) is 9.78 Å². The molecule has 1 N–H and O–H groups in total. The van der Waals surface area contributed by atoms with Crippen molar-refractivity contribution in [3.63, 3.8) is 0 Å². The number of carbonyl (C=O) groups is 2. The molecule has 1 aliphatic rings. The second-order valence-electron chi connectivity index (χ2n) is 7.74. The first-order chi connectivity index (χ1) is 15.7. The molecule has 168 valence electrons. The Morgan fingerprint density at radius 3 is 2.55 bits per heavy atom. The second kappa shape index (κ2) is 8.78. The third kappa shape index (κ3) is 4.43. The van der Waals surface area contributed by atoms with Crippen LogP contribution in [-0.2, 0) is 9.59 Å². The highest BCUT2D eigenvalue weighted by Crippen LogP contribution is 2.34. The zero-order valence-corrected chi connectivity index (χ0v) is 17.9. The van der Waals surface area contributed by atoms with E-state index in [1.54, 1.807) is 14.0 Å². The van der Waals surface area contributed by atoms with Gasteiger partial charge in [-0.3, -0.25) is 14.4 Å². The topological polar surface area (TPSA) is 84.3 Å². The van der Waals surface area contributed by atoms with Gasteiger partial charge in [-0.05, 0) is 48.4 Å². The van der Waals surface area contributed by atoms with Crippen molar-refractivity contribution >= 4 is 17.5 Å². The molecule has 9 heteroatoms. The molecule has 33 heavy (non-hydrogen) atoms. The predicted molar refractivity (Wildman–Crippen MR) is 118 cm³/mol. The van der Waals surface area contributed by atoms with Gasteiger partial charge in [0.05, 0.1) is 0 Å². The van der Waals surface area contributed by atoms with Crippen LogP contribution in [0.1, 0.15) is 23.5 Å². The van der Waals surface area contributed by atoms with Crippen LogP contribution in [0.5, 0.6) is 0 Å². The highest BCUT2D eigenvalue weighted by Gasteiger charge is 2.31. The molecule has 2 amide bonds. The number of nitrogens with one attached hydrogen (secondary N) is 1. The number of amides is 2. The lowest BCUT2D eigenvalue weighted by Gasteiger charge is -2.28. The molecule has 7 nitrogen and oxygen atoms in total. The van der Waals surface area contributed by atoms with Gasteiger partial charge >= 0.3 is 0 Å². The molecule has 0 saturated heterocycles. The van der Waals surface area contributed by atoms with Crippen molar-refractivity contribution in [2.75, 3.05) is 12.4 Å². The summed E-state index contributed by atoms with van der Waals surface area (Å²) in [5.41, 5.74) is 1.00. The average molecular weight is 450 g/mol. The average Bonchev–Trinajstić information content (AvgIpc) is 2.78. The molecule has 1 aromatic heterocycles. The summed E-state index contributed by atoms with van der Waals surface area (Å²) >= 11 is 0. The normalized spacial score (nSPS) is 15.9. The van der Waals surface area contributed by atoms with E-state index in [4.69, 9.17) is 0 Å². The van der Waals surface area contributed by atoms with Crippen LogP contribution >= 0.6 is 0 Å². The Balaban J connectivity index is 1.70. The third-order valence-electron chi connectivity index (χ3n) is 5.50. The van der Waals surface area contributed by atoms with Gasteiger partial charge in [0, 0.05) is 49.1 Å². The van der Waals surface area contributed by atoms with E-state index in [1.165, 1.54) is 65.8 Å². The van der Waals surface area contributed by atoms with Crippen molar-refractivity contribution in [2.45, 2.75) is 19.3 Å². The fourth-order valence-corrected chi connectivity index (χ4v) is 3.70. The summed E-state index contributed by atoms with van der Waals surface area (Å²) in [5.74, 6) is -2.36. The van der Waals surface area contributed by atoms with Gasteiger partial charge in [0.15, 0.2) is 0 Å². The number of halogens is 2. The number of hydrogen-bond donors (Lipinski definition) is 1. The number of hydrogen-bond acceptors (Lipinski definition) is 4. The number of carbonyl (C=O) groups excluding carboxylic acids is 2. The first-order valence-corrected chi connectivity index (χ1v) is 10.1. The molecular weight excluding hydrogens is 430 g/mol. The maximum Gasteiger partial charge on any atom is 0.271 e. The van der Waals surface area contributed by atoms with E-state index in [-0.39, 0.29) is 23.7 Å². The Kier molecular flexibility index (Phi) is 5.87. The number of anilines is 1. The van der Waals surface area contributed by atoms with Crippen LogP contribution in [-0.4, -0.2) is 33.5 Å². The van der Waals surface area contributed by atoms with Crippen molar-refractivity contribution in [3.8, 4) is 5.69 Å². The first kappa shape index (κ1) is 22.1. The Bertz CT molecular complexity index is 1330. The summed E-state index contributed by atoms with van der Waals surface area (Å²) in [6, 6.07) is 10.8. The lowest BCUT2D eigenvalue weighted by Crippen LogP contribution is -2.33. The van der Waals surface area contributed by atoms with E-state index >= 15 is 0 Å². The maximum atomic E-state index is 14.6. The Morgan fingerprint density at radius 1 is 1.12 bits per heavy atom. The highest BCUT2D eigenvalue weighted by atomic mass is 19.1. The minimum atomic E-state index is -0.669. The van der Waals surface area contributed by atoms with Gasteiger partial charge < -0.3 is 10.2 Å². The predicted octanol–water partition coefficient (Wildman–Crippen LogP) is 3.29. The zero-order valence-electron chi connectivity index (χ0n) is 17.9. The number of benzene rings is 2. The van der Waals surface area contributed by atoms with Crippen LogP contribution in [0.25, 0.3) is 5.69 Å². The van der Waals surface area contributed by atoms with Gasteiger partial charge in [-0.15, -0.1) is 0 Å². The van der Waals surface area contributed by atoms with Crippen molar-refractivity contribution in [2.24, 2.45) is 0 Å². The molecule has 2 aromatic carbocycles. The summed E-state index contributed by atoms with van der Waals surface area (Å²) in [4.78, 5) is 39.0. The van der Waals surface area contributed by atoms with E-state index in [0.717, 1.165) is 4.68 Å². The van der Waals surface area contributed by atoms with Crippen molar-refractivity contribution < 1.29 is 18.4 Å². The quantitative estimate of drug-likeness (QED) is 0.661. The van der Waals surface area contributed by atoms with Crippen LogP contribution in [0.3, 0.4) is 0 Å². The molecule has 1 atom stereocenters. The number of aryl methyl sites for hydroxylation is 1. The SMILES string of the molecule is Cc1cc(F)c(-n2ncccc2=O)cc1NC(=O)C1=CN(C)C(=O)CC1c1ccc(F)cc1. The summed E-state index contributed by atoms with van der Waals surface area (Å²) in [7, 11) is 1.55. The molecular formula is C24H20F2N4O3. The number of aromatic nitrogens is 2. The lowest BCUT2D eigenvalue weighted by atomic mass is 9.85. The van der Waals surface area contributed by atoms with Crippen LogP contribution < -0.4 is 10.9 Å². The van der Waals surface area contributed by atoms with Gasteiger partial charge in [-0.1, -0.05) is 12.1 Å². The van der Waals surface area contributed by atoms with E-state index in [2.05, 4.69) is 10.4 Å². The molecule has 1 unspecified atom stereocenters. The molecule has 2 heterocycles. The molecule has 0 fully saturated rings. The Labute approximate surface area is 188 Å². The number of nitrogens with zero attached hydrogens (tertiary/aromatic N) is 3. The summed E-state index contributed by atoms with van der Waals surface area (Å²) in [6.07, 6.45) is 2.84. The fourth-order valence-electron chi connectivity index (χ4n) is 3.70.